The third kappa shape index (κ3) is 5.66. The van der Waals surface area contributed by atoms with Crippen LogP contribution in [-0.4, -0.2) is 52.6 Å². The van der Waals surface area contributed by atoms with E-state index >= 15 is 0 Å². The Hall–Kier alpha value is -1.68. The van der Waals surface area contributed by atoms with Crippen molar-refractivity contribution in [3.05, 3.63) is 28.8 Å². The second kappa shape index (κ2) is 9.31. The van der Waals surface area contributed by atoms with Gasteiger partial charge in [0, 0.05) is 25.3 Å². The van der Waals surface area contributed by atoms with E-state index in [1.54, 1.807) is 6.92 Å². The summed E-state index contributed by atoms with van der Waals surface area (Å²) < 4.78 is 32.8. The first-order chi connectivity index (χ1) is 12.3. The smallest absolute Gasteiger partial charge is 0.251 e. The number of nitrogens with one attached hydrogen (secondary N) is 3. The molecule has 0 radical (unpaired) electrons. The number of rotatable bonds is 8. The van der Waals surface area contributed by atoms with Crippen LogP contribution in [0.2, 0.25) is 5.02 Å². The highest BCUT2D eigenvalue weighted by molar-refractivity contribution is 7.89. The largest absolute Gasteiger partial charge is 0.377 e. The number of carbonyl (C=O) groups excluding carboxylic acids is 2. The van der Waals surface area contributed by atoms with E-state index in [1.807, 2.05) is 0 Å². The summed E-state index contributed by atoms with van der Waals surface area (Å²) in [6.45, 7) is 2.78. The number of carbonyl (C=O) groups is 2. The summed E-state index contributed by atoms with van der Waals surface area (Å²) in [4.78, 5) is 23.4. The van der Waals surface area contributed by atoms with Gasteiger partial charge < -0.3 is 15.4 Å². The second-order valence-electron chi connectivity index (χ2n) is 5.77. The van der Waals surface area contributed by atoms with Gasteiger partial charge in [0.1, 0.15) is 4.90 Å². The molecule has 1 atom stereocenters. The zero-order valence-electron chi connectivity index (χ0n) is 14.4. The van der Waals surface area contributed by atoms with Crippen LogP contribution >= 0.6 is 11.6 Å². The molecule has 144 valence electrons. The Labute approximate surface area is 157 Å². The fourth-order valence-corrected chi connectivity index (χ4v) is 4.05. The first-order valence-corrected chi connectivity index (χ1v) is 10.2. The quantitative estimate of drug-likeness (QED) is 0.590. The van der Waals surface area contributed by atoms with Crippen LogP contribution in [-0.2, 0) is 19.6 Å². The monoisotopic (exact) mass is 403 g/mol. The minimum Gasteiger partial charge on any atom is -0.377 e. The molecule has 1 aromatic rings. The zero-order valence-corrected chi connectivity index (χ0v) is 16.0. The van der Waals surface area contributed by atoms with Crippen LogP contribution < -0.4 is 15.4 Å². The van der Waals surface area contributed by atoms with E-state index in [4.69, 9.17) is 16.3 Å². The Balaban J connectivity index is 2.07. The number of halogens is 1. The summed E-state index contributed by atoms with van der Waals surface area (Å²) in [5.41, 5.74) is 0.0937. The molecule has 2 amide bonds. The van der Waals surface area contributed by atoms with Gasteiger partial charge in [-0.05, 0) is 38.0 Å². The molecule has 1 saturated heterocycles. The molecule has 1 fully saturated rings. The molecule has 0 aromatic heterocycles. The minimum absolute atomic E-state index is 0.00474. The maximum atomic E-state index is 12.5. The average Bonchev–Trinajstić information content (AvgIpc) is 3.12. The minimum atomic E-state index is -3.90. The molecule has 0 spiro atoms. The third-order valence-corrected chi connectivity index (χ3v) is 5.70. The van der Waals surface area contributed by atoms with Crippen LogP contribution in [0.15, 0.2) is 23.1 Å². The lowest BCUT2D eigenvalue weighted by Gasteiger charge is -2.13. The Morgan fingerprint density at radius 2 is 2.08 bits per heavy atom. The van der Waals surface area contributed by atoms with Crippen molar-refractivity contribution in [2.24, 2.45) is 0 Å². The number of hydrogen-bond donors (Lipinski definition) is 3. The summed E-state index contributed by atoms with van der Waals surface area (Å²) in [6.07, 6.45) is 1.53. The van der Waals surface area contributed by atoms with E-state index in [1.165, 1.54) is 18.2 Å². The molecule has 0 saturated carbocycles. The SMILES string of the molecule is CCNC(=O)CNC(=O)c1ccc(Cl)c(S(=O)(=O)NC[C@H]2CCCO2)c1. The van der Waals surface area contributed by atoms with E-state index in [-0.39, 0.29) is 40.6 Å². The molecule has 8 nitrogen and oxygen atoms in total. The third-order valence-electron chi connectivity index (χ3n) is 3.79. The van der Waals surface area contributed by atoms with E-state index in [0.29, 0.717) is 13.2 Å². The predicted molar refractivity (Wildman–Crippen MR) is 96.6 cm³/mol. The summed E-state index contributed by atoms with van der Waals surface area (Å²) in [6, 6.07) is 3.92. The van der Waals surface area contributed by atoms with Gasteiger partial charge in [-0.2, -0.15) is 0 Å². The topological polar surface area (TPSA) is 114 Å². The molecule has 1 aromatic carbocycles. The maximum absolute atomic E-state index is 12.5. The number of amides is 2. The molecule has 1 aliphatic heterocycles. The van der Waals surface area contributed by atoms with Gasteiger partial charge in [-0.3, -0.25) is 9.59 Å². The lowest BCUT2D eigenvalue weighted by molar-refractivity contribution is -0.120. The van der Waals surface area contributed by atoms with Crippen molar-refractivity contribution in [3.63, 3.8) is 0 Å². The van der Waals surface area contributed by atoms with Crippen LogP contribution in [0.1, 0.15) is 30.1 Å². The fraction of sp³-hybridized carbons (Fsp3) is 0.500. The lowest BCUT2D eigenvalue weighted by atomic mass is 10.2. The molecule has 0 unspecified atom stereocenters. The molecule has 0 bridgehead atoms. The van der Waals surface area contributed by atoms with Gasteiger partial charge >= 0.3 is 0 Å². The Bertz CT molecular complexity index is 763. The summed E-state index contributed by atoms with van der Waals surface area (Å²) >= 11 is 6.00. The van der Waals surface area contributed by atoms with Crippen molar-refractivity contribution in [1.29, 1.82) is 0 Å². The number of sulfonamides is 1. The summed E-state index contributed by atoms with van der Waals surface area (Å²) in [5.74, 6) is -0.899. The Kier molecular flexibility index (Phi) is 7.39. The standard InChI is InChI=1S/C16H22ClN3O5S/c1-2-18-15(21)10-19-16(22)11-5-6-13(17)14(8-11)26(23,24)20-9-12-4-3-7-25-12/h5-6,8,12,20H,2-4,7,9-10H2,1H3,(H,18,21)(H,19,22)/t12-/m1/s1. The van der Waals surface area contributed by atoms with Crippen LogP contribution in [0.25, 0.3) is 0 Å². The first-order valence-electron chi connectivity index (χ1n) is 8.29. The second-order valence-corrected chi connectivity index (χ2v) is 7.91. The summed E-state index contributed by atoms with van der Waals surface area (Å²) in [5, 5.41) is 4.98. The average molecular weight is 404 g/mol. The van der Waals surface area contributed by atoms with E-state index in [9.17, 15) is 18.0 Å². The van der Waals surface area contributed by atoms with Crippen LogP contribution in [0.4, 0.5) is 0 Å². The molecular weight excluding hydrogens is 382 g/mol. The van der Waals surface area contributed by atoms with Gasteiger partial charge in [-0.1, -0.05) is 11.6 Å². The van der Waals surface area contributed by atoms with Crippen LogP contribution in [0.3, 0.4) is 0 Å². The highest BCUT2D eigenvalue weighted by Crippen LogP contribution is 2.23. The number of benzene rings is 1. The van der Waals surface area contributed by atoms with Gasteiger partial charge in [-0.15, -0.1) is 0 Å². The summed E-state index contributed by atoms with van der Waals surface area (Å²) in [7, 11) is -3.90. The fourth-order valence-electron chi connectivity index (χ4n) is 2.46. The first kappa shape index (κ1) is 20.6. The van der Waals surface area contributed by atoms with Crippen molar-refractivity contribution in [2.75, 3.05) is 26.2 Å². The maximum Gasteiger partial charge on any atom is 0.251 e. The molecule has 0 aliphatic carbocycles. The number of hydrogen-bond acceptors (Lipinski definition) is 5. The molecule has 3 N–H and O–H groups in total. The Morgan fingerprint density at radius 3 is 2.73 bits per heavy atom. The van der Waals surface area contributed by atoms with Crippen molar-refractivity contribution in [2.45, 2.75) is 30.8 Å². The van der Waals surface area contributed by atoms with Crippen molar-refractivity contribution in [1.82, 2.24) is 15.4 Å². The normalized spacial score (nSPS) is 17.1. The predicted octanol–water partition coefficient (Wildman–Crippen LogP) is 0.663. The van der Waals surface area contributed by atoms with Crippen molar-refractivity contribution in [3.8, 4) is 0 Å². The van der Waals surface area contributed by atoms with E-state index in [2.05, 4.69) is 15.4 Å². The zero-order chi connectivity index (χ0) is 19.2. The van der Waals surface area contributed by atoms with Gasteiger partial charge in [0.25, 0.3) is 5.91 Å². The van der Waals surface area contributed by atoms with Gasteiger partial charge in [0.05, 0.1) is 17.7 Å². The van der Waals surface area contributed by atoms with Crippen molar-refractivity contribution < 1.29 is 22.7 Å². The molecule has 1 heterocycles. The molecular formula is C16H22ClN3O5S. The van der Waals surface area contributed by atoms with Crippen LogP contribution in [0, 0.1) is 0 Å². The number of ether oxygens (including phenoxy) is 1. The lowest BCUT2D eigenvalue weighted by Crippen LogP contribution is -2.37. The van der Waals surface area contributed by atoms with Gasteiger partial charge in [0.15, 0.2) is 0 Å². The van der Waals surface area contributed by atoms with Crippen LogP contribution in [0.5, 0.6) is 0 Å². The Morgan fingerprint density at radius 1 is 1.31 bits per heavy atom. The van der Waals surface area contributed by atoms with E-state index in [0.717, 1.165) is 12.8 Å². The molecule has 1 aliphatic rings. The molecule has 10 heteroatoms. The highest BCUT2D eigenvalue weighted by Gasteiger charge is 2.23. The van der Waals surface area contributed by atoms with Crippen molar-refractivity contribution >= 4 is 33.4 Å². The van der Waals surface area contributed by atoms with Gasteiger partial charge in [-0.25, -0.2) is 13.1 Å². The highest BCUT2D eigenvalue weighted by atomic mass is 35.5. The van der Waals surface area contributed by atoms with Gasteiger partial charge in [0.2, 0.25) is 15.9 Å². The number of likely N-dealkylation sites (N-methyl/N-ethyl adjacent to an activating group) is 1. The molecule has 2 rings (SSSR count). The van der Waals surface area contributed by atoms with E-state index < -0.39 is 15.9 Å². The molecule has 26 heavy (non-hydrogen) atoms.